The zero-order valence-corrected chi connectivity index (χ0v) is 15.4. The van der Waals surface area contributed by atoms with Crippen molar-refractivity contribution in [1.82, 2.24) is 15.2 Å². The van der Waals surface area contributed by atoms with Crippen molar-refractivity contribution in [2.75, 3.05) is 13.2 Å². The molecule has 4 heterocycles. The van der Waals surface area contributed by atoms with Crippen LogP contribution in [0.3, 0.4) is 0 Å². The second kappa shape index (κ2) is 6.96. The molecule has 0 unspecified atom stereocenters. The van der Waals surface area contributed by atoms with Gasteiger partial charge in [-0.25, -0.2) is 0 Å². The summed E-state index contributed by atoms with van der Waals surface area (Å²) in [6, 6.07) is 10.1. The SMILES string of the molecule is S=C1N[C@H](c2ccccn2)[C@@H](c2ccc(Cl)s2)N1C[C@@H]1CCCO1. The summed E-state index contributed by atoms with van der Waals surface area (Å²) < 4.78 is 6.62. The number of thiocarbonyl (C=S) groups is 1. The van der Waals surface area contributed by atoms with Crippen LogP contribution in [0, 0.1) is 0 Å². The number of aromatic nitrogens is 1. The topological polar surface area (TPSA) is 37.4 Å². The van der Waals surface area contributed by atoms with Crippen LogP contribution in [0.25, 0.3) is 0 Å². The number of ether oxygens (including phenoxy) is 1. The van der Waals surface area contributed by atoms with Crippen molar-refractivity contribution in [3.63, 3.8) is 0 Å². The molecule has 2 fully saturated rings. The quantitative estimate of drug-likeness (QED) is 0.814. The van der Waals surface area contributed by atoms with E-state index in [-0.39, 0.29) is 18.2 Å². The van der Waals surface area contributed by atoms with Gasteiger partial charge >= 0.3 is 0 Å². The number of nitrogens with zero attached hydrogens (tertiary/aromatic N) is 2. The van der Waals surface area contributed by atoms with Crippen molar-refractivity contribution in [3.05, 3.63) is 51.4 Å². The van der Waals surface area contributed by atoms with E-state index in [2.05, 4.69) is 21.3 Å². The third-order valence-corrected chi connectivity index (χ3v) is 6.16. The molecule has 2 aromatic rings. The van der Waals surface area contributed by atoms with Crippen LogP contribution in [-0.2, 0) is 4.74 Å². The Labute approximate surface area is 155 Å². The van der Waals surface area contributed by atoms with Gasteiger partial charge in [-0.05, 0) is 49.3 Å². The minimum atomic E-state index is 0.0230. The van der Waals surface area contributed by atoms with Crippen molar-refractivity contribution in [2.45, 2.75) is 31.0 Å². The van der Waals surface area contributed by atoms with Crippen LogP contribution in [0.2, 0.25) is 4.34 Å². The maximum atomic E-state index is 6.19. The Kier molecular flexibility index (Phi) is 4.72. The van der Waals surface area contributed by atoms with E-state index in [0.29, 0.717) is 0 Å². The van der Waals surface area contributed by atoms with Crippen LogP contribution in [-0.4, -0.2) is 34.3 Å². The van der Waals surface area contributed by atoms with Gasteiger partial charge in [0.25, 0.3) is 0 Å². The molecular formula is C17H18ClN3OS2. The molecule has 0 radical (unpaired) electrons. The van der Waals surface area contributed by atoms with Gasteiger partial charge in [0.1, 0.15) is 0 Å². The molecule has 3 atom stereocenters. The summed E-state index contributed by atoms with van der Waals surface area (Å²) in [5, 5.41) is 4.21. The van der Waals surface area contributed by atoms with Crippen LogP contribution in [0.15, 0.2) is 36.5 Å². The zero-order chi connectivity index (χ0) is 16.5. The first-order valence-corrected chi connectivity index (χ1v) is 9.67. The lowest BCUT2D eigenvalue weighted by atomic mass is 10.0. The molecule has 24 heavy (non-hydrogen) atoms. The molecule has 0 aromatic carbocycles. The minimum Gasteiger partial charge on any atom is -0.376 e. The van der Waals surface area contributed by atoms with E-state index in [1.165, 1.54) is 4.88 Å². The van der Waals surface area contributed by atoms with Gasteiger partial charge in [-0.1, -0.05) is 17.7 Å². The maximum Gasteiger partial charge on any atom is 0.170 e. The third kappa shape index (κ3) is 3.16. The molecule has 0 amide bonds. The first-order chi connectivity index (χ1) is 11.7. The van der Waals surface area contributed by atoms with Crippen LogP contribution >= 0.6 is 35.2 Å². The van der Waals surface area contributed by atoms with Crippen molar-refractivity contribution in [1.29, 1.82) is 0 Å². The number of halogens is 1. The Morgan fingerprint density at radius 2 is 2.29 bits per heavy atom. The number of rotatable bonds is 4. The number of hydrogen-bond donors (Lipinski definition) is 1. The normalized spacial score (nSPS) is 26.8. The van der Waals surface area contributed by atoms with Gasteiger partial charge in [0.2, 0.25) is 0 Å². The van der Waals surface area contributed by atoms with Crippen molar-refractivity contribution in [3.8, 4) is 0 Å². The lowest BCUT2D eigenvalue weighted by Gasteiger charge is -2.28. The molecule has 2 aromatic heterocycles. The molecular weight excluding hydrogens is 362 g/mol. The molecule has 1 N–H and O–H groups in total. The van der Waals surface area contributed by atoms with Crippen molar-refractivity contribution < 1.29 is 4.74 Å². The molecule has 0 spiro atoms. The Balaban J connectivity index is 1.67. The molecule has 7 heteroatoms. The number of nitrogens with one attached hydrogen (secondary N) is 1. The maximum absolute atomic E-state index is 6.19. The lowest BCUT2D eigenvalue weighted by molar-refractivity contribution is 0.0846. The van der Waals surface area contributed by atoms with Crippen LogP contribution < -0.4 is 5.32 Å². The van der Waals surface area contributed by atoms with E-state index in [1.54, 1.807) is 11.3 Å². The van der Waals surface area contributed by atoms with Gasteiger partial charge in [0, 0.05) is 24.2 Å². The van der Waals surface area contributed by atoms with E-state index < -0.39 is 0 Å². The molecule has 2 saturated heterocycles. The first kappa shape index (κ1) is 16.3. The van der Waals surface area contributed by atoms with Crippen molar-refractivity contribution >= 4 is 40.3 Å². The van der Waals surface area contributed by atoms with Crippen LogP contribution in [0.5, 0.6) is 0 Å². The second-order valence-corrected chi connectivity index (χ2v) is 8.19. The molecule has 2 aliphatic rings. The van der Waals surface area contributed by atoms with E-state index in [4.69, 9.17) is 28.6 Å². The molecule has 0 bridgehead atoms. The molecule has 0 saturated carbocycles. The van der Waals surface area contributed by atoms with Gasteiger partial charge in [-0.15, -0.1) is 11.3 Å². The highest BCUT2D eigenvalue weighted by atomic mass is 35.5. The Hall–Kier alpha value is -1.21. The molecule has 4 rings (SSSR count). The van der Waals surface area contributed by atoms with Gasteiger partial charge in [0.15, 0.2) is 5.11 Å². The summed E-state index contributed by atoms with van der Waals surface area (Å²) in [5.41, 5.74) is 0.990. The average molecular weight is 380 g/mol. The van der Waals surface area contributed by atoms with E-state index >= 15 is 0 Å². The standard InChI is InChI=1S/C17H18ClN3OS2/c18-14-7-6-13(24-14)16-15(12-5-1-2-8-19-12)20-17(23)21(16)10-11-4-3-9-22-11/h1-2,5-8,11,15-16H,3-4,9-10H2,(H,20,23)/t11-,15+,16+/m0/s1. The van der Waals surface area contributed by atoms with Crippen LogP contribution in [0.4, 0.5) is 0 Å². The fourth-order valence-electron chi connectivity index (χ4n) is 3.41. The highest BCUT2D eigenvalue weighted by Gasteiger charge is 2.41. The summed E-state index contributed by atoms with van der Waals surface area (Å²) >= 11 is 13.4. The fraction of sp³-hybridized carbons (Fsp3) is 0.412. The summed E-state index contributed by atoms with van der Waals surface area (Å²) in [6.45, 7) is 1.65. The predicted molar refractivity (Wildman–Crippen MR) is 100 cm³/mol. The van der Waals surface area contributed by atoms with E-state index in [9.17, 15) is 0 Å². The molecule has 126 valence electrons. The largest absolute Gasteiger partial charge is 0.376 e. The fourth-order valence-corrected chi connectivity index (χ4v) is 4.93. The number of thiophene rings is 1. The Morgan fingerprint density at radius 3 is 2.96 bits per heavy atom. The smallest absolute Gasteiger partial charge is 0.170 e. The number of pyridine rings is 1. The summed E-state index contributed by atoms with van der Waals surface area (Å²) in [7, 11) is 0. The highest BCUT2D eigenvalue weighted by Crippen LogP contribution is 2.42. The van der Waals surface area contributed by atoms with E-state index in [1.807, 2.05) is 30.5 Å². The van der Waals surface area contributed by atoms with Crippen molar-refractivity contribution in [2.24, 2.45) is 0 Å². The number of hydrogen-bond acceptors (Lipinski definition) is 4. The van der Waals surface area contributed by atoms with Gasteiger partial charge < -0.3 is 15.0 Å². The monoisotopic (exact) mass is 379 g/mol. The van der Waals surface area contributed by atoms with Crippen LogP contribution in [0.1, 0.15) is 35.5 Å². The summed E-state index contributed by atoms with van der Waals surface area (Å²) in [6.07, 6.45) is 4.27. The van der Waals surface area contributed by atoms with Gasteiger partial charge in [0.05, 0.1) is 28.2 Å². The predicted octanol–water partition coefficient (Wildman–Crippen LogP) is 3.95. The Bertz CT molecular complexity index is 718. The van der Waals surface area contributed by atoms with E-state index in [0.717, 1.165) is 41.1 Å². The molecule has 4 nitrogen and oxygen atoms in total. The van der Waals surface area contributed by atoms with Gasteiger partial charge in [-0.3, -0.25) is 4.98 Å². The zero-order valence-electron chi connectivity index (χ0n) is 13.0. The highest BCUT2D eigenvalue weighted by molar-refractivity contribution is 7.80. The average Bonchev–Trinajstić information content (AvgIpc) is 3.31. The van der Waals surface area contributed by atoms with Gasteiger partial charge in [-0.2, -0.15) is 0 Å². The minimum absolute atomic E-state index is 0.0230. The second-order valence-electron chi connectivity index (χ2n) is 6.06. The first-order valence-electron chi connectivity index (χ1n) is 8.07. The molecule has 2 aliphatic heterocycles. The lowest BCUT2D eigenvalue weighted by Crippen LogP contribution is -2.36. The summed E-state index contributed by atoms with van der Waals surface area (Å²) in [5.74, 6) is 0. The third-order valence-electron chi connectivity index (χ3n) is 4.51. The Morgan fingerprint density at radius 1 is 1.38 bits per heavy atom. The summed E-state index contributed by atoms with van der Waals surface area (Å²) in [4.78, 5) is 7.97. The molecule has 0 aliphatic carbocycles.